The van der Waals surface area contributed by atoms with E-state index in [-0.39, 0.29) is 17.3 Å². The second kappa shape index (κ2) is 13.4. The summed E-state index contributed by atoms with van der Waals surface area (Å²) >= 11 is 6.08. The van der Waals surface area contributed by atoms with E-state index in [0.29, 0.717) is 61.7 Å². The Morgan fingerprint density at radius 2 is 1.66 bits per heavy atom. The van der Waals surface area contributed by atoms with Crippen LogP contribution < -0.4 is 10.8 Å². The zero-order valence-corrected chi connectivity index (χ0v) is 25.2. The van der Waals surface area contributed by atoms with Gasteiger partial charge < -0.3 is 10.1 Å². The Bertz CT molecular complexity index is 1660. The lowest BCUT2D eigenvalue weighted by molar-refractivity contribution is -0.991. The summed E-state index contributed by atoms with van der Waals surface area (Å²) in [5, 5.41) is 20.2. The maximum absolute atomic E-state index is 14.3. The van der Waals surface area contributed by atoms with Gasteiger partial charge in [-0.25, -0.2) is 18.7 Å². The molecule has 1 aliphatic rings. The van der Waals surface area contributed by atoms with Crippen LogP contribution in [0.4, 0.5) is 14.5 Å². The summed E-state index contributed by atoms with van der Waals surface area (Å²) in [4.78, 5) is 30.5. The normalized spacial score (nSPS) is 14.8. The molecule has 1 aliphatic heterocycles. The van der Waals surface area contributed by atoms with Crippen LogP contribution in [0.15, 0.2) is 71.5 Å². The van der Waals surface area contributed by atoms with Gasteiger partial charge in [0.2, 0.25) is 0 Å². The zero-order valence-electron chi connectivity index (χ0n) is 24.5. The van der Waals surface area contributed by atoms with Crippen molar-refractivity contribution >= 4 is 23.2 Å². The molecule has 0 saturated carbocycles. The van der Waals surface area contributed by atoms with Crippen molar-refractivity contribution in [3.05, 3.63) is 121 Å². The summed E-state index contributed by atoms with van der Waals surface area (Å²) in [5.41, 5.74) is 2.41. The number of nitrogens with one attached hydrogen (secondary N) is 1. The highest BCUT2D eigenvalue weighted by Crippen LogP contribution is 2.24. The minimum Gasteiger partial charge on any atom is -0.595 e. The molecule has 0 aliphatic carbocycles. The van der Waals surface area contributed by atoms with Gasteiger partial charge in [0.15, 0.2) is 5.69 Å². The fourth-order valence-electron chi connectivity index (χ4n) is 5.79. The molecule has 232 valence electrons. The molecule has 12 heteroatoms. The van der Waals surface area contributed by atoms with Crippen LogP contribution in [0.25, 0.3) is 5.69 Å². The van der Waals surface area contributed by atoms with E-state index in [1.54, 1.807) is 23.9 Å². The van der Waals surface area contributed by atoms with Gasteiger partial charge in [-0.3, -0.25) is 19.2 Å². The Hall–Kier alpha value is -3.87. The first-order valence-corrected chi connectivity index (χ1v) is 14.8. The number of amides is 1. The van der Waals surface area contributed by atoms with Crippen molar-refractivity contribution in [3.63, 3.8) is 0 Å². The first-order valence-electron chi connectivity index (χ1n) is 14.4. The third kappa shape index (κ3) is 6.62. The fraction of sp³-hybridized carbons (Fsp3) is 0.312. The predicted octanol–water partition coefficient (Wildman–Crippen LogP) is 4.17. The number of aromatic nitrogens is 2. The van der Waals surface area contributed by atoms with Crippen LogP contribution in [0.5, 0.6) is 0 Å². The second-order valence-electron chi connectivity index (χ2n) is 11.0. The Morgan fingerprint density at radius 1 is 1.05 bits per heavy atom. The topological polar surface area (TPSA) is 98.2 Å². The smallest absolute Gasteiger partial charge is 0.276 e. The molecule has 2 N–H and O–H groups in total. The quantitative estimate of drug-likeness (QED) is 0.272. The Balaban J connectivity index is 1.38. The Labute approximate surface area is 258 Å². The summed E-state index contributed by atoms with van der Waals surface area (Å²) in [6, 6.07) is 17.2. The number of carbonyl (C=O) groups is 1. The number of rotatable bonds is 9. The van der Waals surface area contributed by atoms with Crippen molar-refractivity contribution < 1.29 is 24.0 Å². The van der Waals surface area contributed by atoms with Gasteiger partial charge in [-0.1, -0.05) is 29.8 Å². The fourth-order valence-corrected chi connectivity index (χ4v) is 5.92. The molecule has 1 saturated heterocycles. The van der Waals surface area contributed by atoms with Gasteiger partial charge in [0.1, 0.15) is 17.2 Å². The van der Waals surface area contributed by atoms with Gasteiger partial charge in [-0.2, -0.15) is 5.23 Å². The molecule has 1 fully saturated rings. The van der Waals surface area contributed by atoms with E-state index in [1.165, 1.54) is 27.8 Å². The molecule has 2 heterocycles. The van der Waals surface area contributed by atoms with E-state index in [0.717, 1.165) is 23.4 Å². The summed E-state index contributed by atoms with van der Waals surface area (Å²) in [7, 11) is 1.79. The van der Waals surface area contributed by atoms with Crippen molar-refractivity contribution in [2.45, 2.75) is 38.8 Å². The van der Waals surface area contributed by atoms with Gasteiger partial charge in [0.25, 0.3) is 11.5 Å². The van der Waals surface area contributed by atoms with Crippen LogP contribution in [0.3, 0.4) is 0 Å². The van der Waals surface area contributed by atoms with Crippen LogP contribution >= 0.6 is 11.6 Å². The van der Waals surface area contributed by atoms with Gasteiger partial charge in [0, 0.05) is 62.1 Å². The SMILES string of the molecule is Cc1c(CN(CCc2ccc(Cl)cc2)C2CCN(C(=O)c3c(F)cccc3F)CC2)c(=O)n(-c2ccc([NH+]([O-])O)cc2)n1C. The van der Waals surface area contributed by atoms with Crippen LogP contribution in [0.2, 0.25) is 5.02 Å². The molecule has 5 rings (SSSR count). The highest BCUT2D eigenvalue weighted by atomic mass is 35.5. The van der Waals surface area contributed by atoms with Crippen molar-refractivity contribution in [2.24, 2.45) is 7.05 Å². The lowest BCUT2D eigenvalue weighted by Gasteiger charge is -2.38. The zero-order chi connectivity index (χ0) is 31.5. The van der Waals surface area contributed by atoms with Gasteiger partial charge in [-0.05, 0) is 68.1 Å². The van der Waals surface area contributed by atoms with Crippen molar-refractivity contribution in [2.75, 3.05) is 19.6 Å². The number of quaternary nitrogens is 1. The second-order valence-corrected chi connectivity index (χ2v) is 11.5. The summed E-state index contributed by atoms with van der Waals surface area (Å²) in [6.45, 7) is 3.50. The number of halogens is 3. The van der Waals surface area contributed by atoms with Crippen molar-refractivity contribution in [1.29, 1.82) is 0 Å². The summed E-state index contributed by atoms with van der Waals surface area (Å²) < 4.78 is 31.9. The molecule has 4 aromatic rings. The molecule has 1 atom stereocenters. The first-order chi connectivity index (χ1) is 21.0. The molecular weight excluding hydrogens is 592 g/mol. The third-order valence-corrected chi connectivity index (χ3v) is 8.69. The Kier molecular flexibility index (Phi) is 9.62. The molecule has 9 nitrogen and oxygen atoms in total. The molecule has 0 radical (unpaired) electrons. The van der Waals surface area contributed by atoms with Gasteiger partial charge in [0.05, 0.1) is 11.3 Å². The first kappa shape index (κ1) is 31.6. The largest absolute Gasteiger partial charge is 0.595 e. The van der Waals surface area contributed by atoms with E-state index >= 15 is 0 Å². The highest BCUT2D eigenvalue weighted by molar-refractivity contribution is 6.30. The molecule has 1 amide bonds. The van der Waals surface area contributed by atoms with Crippen LogP contribution in [-0.4, -0.2) is 56.0 Å². The summed E-state index contributed by atoms with van der Waals surface area (Å²) in [6.07, 6.45) is 1.84. The number of hydrogen-bond donors (Lipinski definition) is 2. The van der Waals surface area contributed by atoms with Crippen LogP contribution in [0.1, 0.15) is 40.0 Å². The van der Waals surface area contributed by atoms with Crippen LogP contribution in [-0.2, 0) is 20.0 Å². The van der Waals surface area contributed by atoms with E-state index in [1.807, 2.05) is 31.2 Å². The monoisotopic (exact) mass is 625 g/mol. The summed E-state index contributed by atoms with van der Waals surface area (Å²) in [5.74, 6) is -2.42. The van der Waals surface area contributed by atoms with Gasteiger partial charge in [-0.15, -0.1) is 0 Å². The molecule has 44 heavy (non-hydrogen) atoms. The number of nitrogens with zero attached hydrogens (tertiary/aromatic N) is 4. The van der Waals surface area contributed by atoms with Crippen LogP contribution in [0, 0.1) is 23.8 Å². The minimum atomic E-state index is -1.05. The van der Waals surface area contributed by atoms with E-state index in [4.69, 9.17) is 11.6 Å². The van der Waals surface area contributed by atoms with E-state index in [9.17, 15) is 28.8 Å². The number of piperidine rings is 1. The molecular formula is C32H34ClF2N5O4. The third-order valence-electron chi connectivity index (χ3n) is 8.44. The lowest BCUT2D eigenvalue weighted by atomic mass is 10.00. The maximum atomic E-state index is 14.3. The number of hydrogen-bond acceptors (Lipinski definition) is 5. The average molecular weight is 626 g/mol. The Morgan fingerprint density at radius 3 is 2.25 bits per heavy atom. The molecule has 0 spiro atoms. The lowest BCUT2D eigenvalue weighted by Crippen LogP contribution is -2.99. The van der Waals surface area contributed by atoms with Crippen molar-refractivity contribution in [3.8, 4) is 5.69 Å². The van der Waals surface area contributed by atoms with E-state index < -0.39 is 28.3 Å². The number of carbonyl (C=O) groups excluding carboxylic acids is 1. The average Bonchev–Trinajstić information content (AvgIpc) is 3.22. The number of likely N-dealkylation sites (tertiary alicyclic amines) is 1. The number of benzene rings is 3. The minimum absolute atomic E-state index is 0.0131. The standard InChI is InChI=1S/C32H34ClF2N5O4/c1-21-27(31(41)39(36(21)2)25-10-12-26(13-11-25)40(43)44)20-38(17-14-22-6-8-23(33)9-7-22)24-15-18-37(19-16-24)32(42)30-28(34)4-3-5-29(30)35/h3-13,24,40,43H,14-20H2,1-2H3. The predicted molar refractivity (Wildman–Crippen MR) is 162 cm³/mol. The van der Waals surface area contributed by atoms with Crippen molar-refractivity contribution in [1.82, 2.24) is 19.2 Å². The molecule has 0 bridgehead atoms. The molecule has 3 aromatic carbocycles. The molecule has 1 aromatic heterocycles. The maximum Gasteiger partial charge on any atom is 0.276 e. The highest BCUT2D eigenvalue weighted by Gasteiger charge is 2.31. The molecule has 1 unspecified atom stereocenters. The van der Waals surface area contributed by atoms with Gasteiger partial charge >= 0.3 is 0 Å². The van der Waals surface area contributed by atoms with E-state index in [2.05, 4.69) is 4.90 Å².